The molecule has 27 heavy (non-hydrogen) atoms. The quantitative estimate of drug-likeness (QED) is 0.533. The van der Waals surface area contributed by atoms with Crippen LogP contribution < -0.4 is 0 Å². The van der Waals surface area contributed by atoms with E-state index in [1.54, 1.807) is 9.36 Å². The normalized spacial score (nSPS) is 16.4. The van der Waals surface area contributed by atoms with Gasteiger partial charge in [0.15, 0.2) is 17.0 Å². The fourth-order valence-electron chi connectivity index (χ4n) is 3.50. The first kappa shape index (κ1) is 16.1. The van der Waals surface area contributed by atoms with E-state index in [9.17, 15) is 0 Å². The van der Waals surface area contributed by atoms with Crippen LogP contribution in [0.1, 0.15) is 18.9 Å². The molecular formula is C17H19N10. The van der Waals surface area contributed by atoms with Crippen LogP contribution in [0.15, 0.2) is 24.7 Å². The molecule has 1 aliphatic heterocycles. The maximum Gasteiger partial charge on any atom is 0.200 e. The van der Waals surface area contributed by atoms with Gasteiger partial charge in [0, 0.05) is 31.1 Å². The molecule has 0 aromatic carbocycles. The van der Waals surface area contributed by atoms with Gasteiger partial charge in [-0.1, -0.05) is 5.21 Å². The van der Waals surface area contributed by atoms with Crippen LogP contribution >= 0.6 is 0 Å². The van der Waals surface area contributed by atoms with Gasteiger partial charge in [-0.2, -0.15) is 14.9 Å². The average Bonchev–Trinajstić information content (AvgIpc) is 3.40. The van der Waals surface area contributed by atoms with Crippen molar-refractivity contribution in [3.63, 3.8) is 0 Å². The number of likely N-dealkylation sites (tertiary alicyclic amines) is 1. The molecule has 0 atom stereocenters. The SMILES string of the molecule is CN1CCC(n2cc(-c3n[c]nc4c3nnn4-c3ccn(C)n3)cn2)CC1. The van der Waals surface area contributed by atoms with Crippen molar-refractivity contribution in [1.29, 1.82) is 0 Å². The van der Waals surface area contributed by atoms with Gasteiger partial charge in [0.25, 0.3) is 0 Å². The van der Waals surface area contributed by atoms with E-state index in [-0.39, 0.29) is 0 Å². The summed E-state index contributed by atoms with van der Waals surface area (Å²) in [7, 11) is 4.01. The highest BCUT2D eigenvalue weighted by Crippen LogP contribution is 2.27. The van der Waals surface area contributed by atoms with Gasteiger partial charge in [-0.05, 0) is 33.0 Å². The third-order valence-electron chi connectivity index (χ3n) is 5.04. The number of hydrogen-bond donors (Lipinski definition) is 0. The van der Waals surface area contributed by atoms with Gasteiger partial charge in [-0.3, -0.25) is 9.36 Å². The van der Waals surface area contributed by atoms with Crippen LogP contribution in [0.25, 0.3) is 28.2 Å². The van der Waals surface area contributed by atoms with Crippen molar-refractivity contribution >= 4 is 11.2 Å². The zero-order valence-corrected chi connectivity index (χ0v) is 15.2. The molecular weight excluding hydrogens is 344 g/mol. The molecule has 4 aromatic rings. The summed E-state index contributed by atoms with van der Waals surface area (Å²) in [6.45, 7) is 2.17. The summed E-state index contributed by atoms with van der Waals surface area (Å²) in [5, 5.41) is 17.4. The second kappa shape index (κ2) is 6.23. The molecule has 10 nitrogen and oxygen atoms in total. The van der Waals surface area contributed by atoms with Crippen LogP contribution in [0.5, 0.6) is 0 Å². The molecule has 137 valence electrons. The zero-order chi connectivity index (χ0) is 18.4. The van der Waals surface area contributed by atoms with Gasteiger partial charge in [0.05, 0.1) is 12.2 Å². The second-order valence-electron chi connectivity index (χ2n) is 6.94. The van der Waals surface area contributed by atoms with Crippen molar-refractivity contribution in [2.75, 3.05) is 20.1 Å². The molecule has 0 amide bonds. The molecule has 0 N–H and O–H groups in total. The van der Waals surface area contributed by atoms with Gasteiger partial charge in [-0.25, -0.2) is 9.97 Å². The highest BCUT2D eigenvalue weighted by molar-refractivity contribution is 5.86. The molecule has 1 aliphatic rings. The van der Waals surface area contributed by atoms with Crippen molar-refractivity contribution in [3.05, 3.63) is 31.0 Å². The second-order valence-corrected chi connectivity index (χ2v) is 6.94. The lowest BCUT2D eigenvalue weighted by Gasteiger charge is -2.28. The number of piperidine rings is 1. The first-order valence-electron chi connectivity index (χ1n) is 8.91. The molecule has 5 rings (SSSR count). The molecule has 1 radical (unpaired) electrons. The Kier molecular flexibility index (Phi) is 3.71. The van der Waals surface area contributed by atoms with Crippen LogP contribution in [0.2, 0.25) is 0 Å². The number of aromatic nitrogens is 9. The Labute approximate surface area is 155 Å². The van der Waals surface area contributed by atoms with E-state index < -0.39 is 0 Å². The third kappa shape index (κ3) is 2.78. The number of nitrogens with zero attached hydrogens (tertiary/aromatic N) is 10. The van der Waals surface area contributed by atoms with Crippen LogP contribution in [-0.2, 0) is 7.05 Å². The molecule has 0 bridgehead atoms. The summed E-state index contributed by atoms with van der Waals surface area (Å²) >= 11 is 0. The summed E-state index contributed by atoms with van der Waals surface area (Å²) in [6, 6.07) is 2.27. The van der Waals surface area contributed by atoms with E-state index in [0.29, 0.717) is 28.7 Å². The van der Waals surface area contributed by atoms with E-state index in [1.165, 1.54) is 0 Å². The van der Waals surface area contributed by atoms with Crippen molar-refractivity contribution in [3.8, 4) is 17.1 Å². The van der Waals surface area contributed by atoms with Gasteiger partial charge < -0.3 is 4.90 Å². The Morgan fingerprint density at radius 2 is 2.00 bits per heavy atom. The smallest absolute Gasteiger partial charge is 0.200 e. The summed E-state index contributed by atoms with van der Waals surface area (Å²) < 4.78 is 5.35. The Hall–Kier alpha value is -3.14. The minimum Gasteiger partial charge on any atom is -0.306 e. The summed E-state index contributed by atoms with van der Waals surface area (Å²) in [6.07, 6.45) is 10.6. The van der Waals surface area contributed by atoms with E-state index >= 15 is 0 Å². The Morgan fingerprint density at radius 1 is 1.15 bits per heavy atom. The molecule has 0 saturated carbocycles. The lowest BCUT2D eigenvalue weighted by atomic mass is 10.1. The highest BCUT2D eigenvalue weighted by Gasteiger charge is 2.21. The summed E-state index contributed by atoms with van der Waals surface area (Å²) in [5.41, 5.74) is 2.76. The van der Waals surface area contributed by atoms with E-state index in [2.05, 4.69) is 48.8 Å². The van der Waals surface area contributed by atoms with Crippen molar-refractivity contribution < 1.29 is 0 Å². The first-order chi connectivity index (χ1) is 13.2. The van der Waals surface area contributed by atoms with Crippen molar-refractivity contribution in [2.24, 2.45) is 7.05 Å². The number of aryl methyl sites for hydroxylation is 1. The lowest BCUT2D eigenvalue weighted by Crippen LogP contribution is -2.31. The first-order valence-corrected chi connectivity index (χ1v) is 8.91. The summed E-state index contributed by atoms with van der Waals surface area (Å²) in [5.74, 6) is 0.653. The standard InChI is InChI=1S/C17H19N10/c1-24-6-3-13(4-7-24)26-10-12(9-20-26)15-16-17(19-11-18-15)27(23-21-16)14-5-8-25(2)22-14/h5,8-10,13H,3-4,6-7H2,1-2H3. The molecule has 10 heteroatoms. The maximum absolute atomic E-state index is 4.57. The monoisotopic (exact) mass is 363 g/mol. The molecule has 0 unspecified atom stereocenters. The van der Waals surface area contributed by atoms with E-state index in [4.69, 9.17) is 0 Å². The Balaban J connectivity index is 1.52. The van der Waals surface area contributed by atoms with Crippen LogP contribution in [0, 0.1) is 6.33 Å². The number of rotatable bonds is 3. The predicted octanol–water partition coefficient (Wildman–Crippen LogP) is 0.874. The van der Waals surface area contributed by atoms with Crippen LogP contribution in [0.3, 0.4) is 0 Å². The lowest BCUT2D eigenvalue weighted by molar-refractivity contribution is 0.212. The average molecular weight is 363 g/mol. The molecule has 0 aliphatic carbocycles. The molecule has 0 spiro atoms. The molecule has 1 fully saturated rings. The van der Waals surface area contributed by atoms with E-state index in [0.717, 1.165) is 31.5 Å². The van der Waals surface area contributed by atoms with Gasteiger partial charge in [0.2, 0.25) is 6.33 Å². The Morgan fingerprint density at radius 3 is 2.78 bits per heavy atom. The Bertz CT molecular complexity index is 1080. The van der Waals surface area contributed by atoms with E-state index in [1.807, 2.05) is 36.4 Å². The number of hydrogen-bond acceptors (Lipinski definition) is 7. The largest absolute Gasteiger partial charge is 0.306 e. The maximum atomic E-state index is 4.57. The van der Waals surface area contributed by atoms with Crippen LogP contribution in [-0.4, -0.2) is 69.6 Å². The topological polar surface area (TPSA) is 95.4 Å². The molecule has 1 saturated heterocycles. The van der Waals surface area contributed by atoms with Gasteiger partial charge >= 0.3 is 0 Å². The fraction of sp³-hybridized carbons (Fsp3) is 0.412. The van der Waals surface area contributed by atoms with Gasteiger partial charge in [-0.15, -0.1) is 5.10 Å². The third-order valence-corrected chi connectivity index (χ3v) is 5.04. The fourth-order valence-corrected chi connectivity index (χ4v) is 3.50. The number of fused-ring (bicyclic) bond motifs is 1. The molecule has 4 aromatic heterocycles. The van der Waals surface area contributed by atoms with Crippen molar-refractivity contribution in [2.45, 2.75) is 18.9 Å². The van der Waals surface area contributed by atoms with Crippen molar-refractivity contribution in [1.82, 2.24) is 49.4 Å². The summed E-state index contributed by atoms with van der Waals surface area (Å²) in [4.78, 5) is 10.9. The van der Waals surface area contributed by atoms with Gasteiger partial charge in [0.1, 0.15) is 5.69 Å². The minimum absolute atomic E-state index is 0.417. The molecule has 5 heterocycles. The predicted molar refractivity (Wildman–Crippen MR) is 97.0 cm³/mol. The highest BCUT2D eigenvalue weighted by atomic mass is 15.5. The minimum atomic E-state index is 0.417. The zero-order valence-electron chi connectivity index (χ0n) is 15.2. The van der Waals surface area contributed by atoms with Crippen LogP contribution in [0.4, 0.5) is 0 Å².